The predicted octanol–water partition coefficient (Wildman–Crippen LogP) is 1.78. The summed E-state index contributed by atoms with van der Waals surface area (Å²) in [4.78, 5) is 11.7. The second-order valence-corrected chi connectivity index (χ2v) is 10.8. The van der Waals surface area contributed by atoms with Crippen LogP contribution in [0.15, 0.2) is 41.5 Å². The van der Waals surface area contributed by atoms with E-state index in [1.807, 2.05) is 6.20 Å². The van der Waals surface area contributed by atoms with Gasteiger partial charge in [-0.1, -0.05) is 49.1 Å². The molecule has 4 heteroatoms. The van der Waals surface area contributed by atoms with Gasteiger partial charge in [-0.2, -0.15) is 0 Å². The second kappa shape index (κ2) is 4.61. The molecule has 0 radical (unpaired) electrons. The van der Waals surface area contributed by atoms with Crippen molar-refractivity contribution in [2.45, 2.75) is 26.2 Å². The van der Waals surface area contributed by atoms with Crippen molar-refractivity contribution in [1.29, 1.82) is 0 Å². The van der Waals surface area contributed by atoms with Crippen LogP contribution in [0.25, 0.3) is 0 Å². The van der Waals surface area contributed by atoms with Crippen LogP contribution in [-0.4, -0.2) is 17.2 Å². The Hall–Kier alpha value is -1.55. The number of aryl methyl sites for hydroxylation is 1. The van der Waals surface area contributed by atoms with Gasteiger partial charge >= 0.3 is 5.69 Å². The van der Waals surface area contributed by atoms with Gasteiger partial charge < -0.3 is 4.57 Å². The molecular weight excluding hydrogens is 240 g/mol. The molecule has 3 nitrogen and oxygen atoms in total. The van der Waals surface area contributed by atoms with E-state index < -0.39 is 8.07 Å². The molecule has 0 aliphatic heterocycles. The lowest BCUT2D eigenvalue weighted by molar-refractivity contribution is 0.718. The Morgan fingerprint density at radius 1 is 1.06 bits per heavy atom. The number of nitrogens with zero attached hydrogens (tertiary/aromatic N) is 2. The minimum atomic E-state index is -1.23. The summed E-state index contributed by atoms with van der Waals surface area (Å²) in [5, 5.41) is 1.45. The molecule has 0 bridgehead atoms. The maximum Gasteiger partial charge on any atom is 0.328 e. The van der Waals surface area contributed by atoms with Gasteiger partial charge in [0, 0.05) is 19.4 Å². The molecule has 1 aromatic heterocycles. The first-order chi connectivity index (χ1) is 8.38. The minimum absolute atomic E-state index is 0.0317. The molecule has 2 aromatic rings. The SMILES string of the molecule is Cn1ccn(Cc2ccc([Si](C)(C)C)cc2)c1=O. The molecular formula is C14H20N2OSi. The van der Waals surface area contributed by atoms with Crippen LogP contribution in [-0.2, 0) is 13.6 Å². The zero-order chi connectivity index (χ0) is 13.3. The summed E-state index contributed by atoms with van der Waals surface area (Å²) in [5.41, 5.74) is 1.20. The largest absolute Gasteiger partial charge is 0.328 e. The van der Waals surface area contributed by atoms with Crippen LogP contribution in [0, 0.1) is 0 Å². The van der Waals surface area contributed by atoms with Crippen molar-refractivity contribution >= 4 is 13.3 Å². The van der Waals surface area contributed by atoms with Crippen molar-refractivity contribution in [1.82, 2.24) is 9.13 Å². The summed E-state index contributed by atoms with van der Waals surface area (Å²) in [6, 6.07) is 8.67. The molecule has 0 N–H and O–H groups in total. The van der Waals surface area contributed by atoms with Crippen molar-refractivity contribution in [3.05, 3.63) is 52.7 Å². The van der Waals surface area contributed by atoms with Gasteiger partial charge in [0.15, 0.2) is 0 Å². The molecule has 2 rings (SSSR count). The Morgan fingerprint density at radius 3 is 2.11 bits per heavy atom. The summed E-state index contributed by atoms with van der Waals surface area (Å²) >= 11 is 0. The summed E-state index contributed by atoms with van der Waals surface area (Å²) in [5.74, 6) is 0. The van der Waals surface area contributed by atoms with Gasteiger partial charge in [-0.05, 0) is 5.56 Å². The van der Waals surface area contributed by atoms with Gasteiger partial charge in [-0.3, -0.25) is 4.57 Å². The molecule has 0 amide bonds. The third-order valence-electron chi connectivity index (χ3n) is 3.19. The van der Waals surface area contributed by atoms with Crippen LogP contribution in [0.1, 0.15) is 5.56 Å². The van der Waals surface area contributed by atoms with E-state index >= 15 is 0 Å². The quantitative estimate of drug-likeness (QED) is 0.773. The van der Waals surface area contributed by atoms with Crippen LogP contribution >= 0.6 is 0 Å². The Kier molecular flexibility index (Phi) is 3.30. The highest BCUT2D eigenvalue weighted by Crippen LogP contribution is 2.05. The van der Waals surface area contributed by atoms with Gasteiger partial charge in [0.1, 0.15) is 0 Å². The lowest BCUT2D eigenvalue weighted by atomic mass is 10.2. The van der Waals surface area contributed by atoms with E-state index in [9.17, 15) is 4.79 Å². The van der Waals surface area contributed by atoms with Crippen molar-refractivity contribution in [2.24, 2.45) is 7.05 Å². The first kappa shape index (κ1) is 12.9. The fourth-order valence-corrected chi connectivity index (χ4v) is 3.10. The van der Waals surface area contributed by atoms with E-state index in [2.05, 4.69) is 43.9 Å². The highest BCUT2D eigenvalue weighted by Gasteiger charge is 2.15. The van der Waals surface area contributed by atoms with E-state index in [-0.39, 0.29) is 5.69 Å². The van der Waals surface area contributed by atoms with Crippen molar-refractivity contribution in [3.8, 4) is 0 Å². The van der Waals surface area contributed by atoms with Crippen LogP contribution in [0.3, 0.4) is 0 Å². The smallest absolute Gasteiger partial charge is 0.302 e. The van der Waals surface area contributed by atoms with Gasteiger partial charge in [0.25, 0.3) is 0 Å². The zero-order valence-electron chi connectivity index (χ0n) is 11.5. The van der Waals surface area contributed by atoms with Crippen molar-refractivity contribution in [2.75, 3.05) is 0 Å². The molecule has 1 heterocycles. The first-order valence-electron chi connectivity index (χ1n) is 6.19. The average molecular weight is 260 g/mol. The molecule has 0 fully saturated rings. The fraction of sp³-hybridized carbons (Fsp3) is 0.357. The maximum absolute atomic E-state index is 11.7. The van der Waals surface area contributed by atoms with Gasteiger partial charge in [-0.25, -0.2) is 4.79 Å². The molecule has 0 aliphatic rings. The highest BCUT2D eigenvalue weighted by atomic mass is 28.3. The molecule has 0 atom stereocenters. The third kappa shape index (κ3) is 2.64. The number of imidazole rings is 1. The fourth-order valence-electron chi connectivity index (χ4n) is 1.94. The molecule has 0 unspecified atom stereocenters. The lowest BCUT2D eigenvalue weighted by Gasteiger charge is -2.16. The lowest BCUT2D eigenvalue weighted by Crippen LogP contribution is -2.37. The van der Waals surface area contributed by atoms with E-state index in [4.69, 9.17) is 0 Å². The molecule has 0 aliphatic carbocycles. The normalized spacial score (nSPS) is 11.8. The van der Waals surface area contributed by atoms with Gasteiger partial charge in [-0.15, -0.1) is 0 Å². The van der Waals surface area contributed by atoms with Crippen LogP contribution in [0.5, 0.6) is 0 Å². The molecule has 96 valence electrons. The summed E-state index contributed by atoms with van der Waals surface area (Å²) in [7, 11) is 0.543. The number of benzene rings is 1. The summed E-state index contributed by atoms with van der Waals surface area (Å²) in [6.45, 7) is 7.66. The maximum atomic E-state index is 11.7. The van der Waals surface area contributed by atoms with E-state index in [1.165, 1.54) is 10.8 Å². The molecule has 0 saturated carbocycles. The Balaban J connectivity index is 2.21. The van der Waals surface area contributed by atoms with E-state index in [1.54, 1.807) is 22.4 Å². The monoisotopic (exact) mass is 260 g/mol. The number of hydrogen-bond donors (Lipinski definition) is 0. The standard InChI is InChI=1S/C14H20N2OSi/c1-15-9-10-16(14(15)17)11-12-5-7-13(8-6-12)18(2,3)4/h5-10H,11H2,1-4H3. The number of hydrogen-bond acceptors (Lipinski definition) is 1. The topological polar surface area (TPSA) is 26.9 Å². The Morgan fingerprint density at radius 2 is 1.67 bits per heavy atom. The van der Waals surface area contributed by atoms with Gasteiger partial charge in [0.2, 0.25) is 0 Å². The van der Waals surface area contributed by atoms with Gasteiger partial charge in [0.05, 0.1) is 14.6 Å². The molecule has 18 heavy (non-hydrogen) atoms. The summed E-state index contributed by atoms with van der Waals surface area (Å²) < 4.78 is 3.32. The van der Waals surface area contributed by atoms with E-state index in [0.29, 0.717) is 6.54 Å². The zero-order valence-corrected chi connectivity index (χ0v) is 12.5. The van der Waals surface area contributed by atoms with Crippen molar-refractivity contribution < 1.29 is 0 Å². The number of aromatic nitrogens is 2. The Labute approximate surface area is 109 Å². The van der Waals surface area contributed by atoms with Crippen LogP contribution in [0.2, 0.25) is 19.6 Å². The molecule has 0 saturated heterocycles. The molecule has 1 aromatic carbocycles. The number of rotatable bonds is 3. The minimum Gasteiger partial charge on any atom is -0.302 e. The average Bonchev–Trinajstić information content (AvgIpc) is 2.61. The predicted molar refractivity (Wildman–Crippen MR) is 78.2 cm³/mol. The van der Waals surface area contributed by atoms with Crippen LogP contribution < -0.4 is 10.9 Å². The van der Waals surface area contributed by atoms with Crippen LogP contribution in [0.4, 0.5) is 0 Å². The summed E-state index contributed by atoms with van der Waals surface area (Å²) in [6.07, 6.45) is 3.62. The third-order valence-corrected chi connectivity index (χ3v) is 5.26. The first-order valence-corrected chi connectivity index (χ1v) is 9.69. The molecule has 0 spiro atoms. The van der Waals surface area contributed by atoms with Crippen molar-refractivity contribution in [3.63, 3.8) is 0 Å². The second-order valence-electron chi connectivity index (χ2n) is 5.77. The highest BCUT2D eigenvalue weighted by molar-refractivity contribution is 6.88. The van der Waals surface area contributed by atoms with E-state index in [0.717, 1.165) is 0 Å². The Bertz CT molecular complexity index is 587.